The molecule has 1 fully saturated rings. The van der Waals surface area contributed by atoms with Gasteiger partial charge in [-0.15, -0.1) is 11.3 Å². The molecule has 5 aromatic rings. The van der Waals surface area contributed by atoms with Crippen molar-refractivity contribution < 1.29 is 19.0 Å². The van der Waals surface area contributed by atoms with E-state index in [0.29, 0.717) is 23.1 Å². The molecule has 0 radical (unpaired) electrons. The van der Waals surface area contributed by atoms with E-state index in [4.69, 9.17) is 19.4 Å². The van der Waals surface area contributed by atoms with Gasteiger partial charge in [0.2, 0.25) is 0 Å². The first-order valence-corrected chi connectivity index (χ1v) is 13.5. The van der Waals surface area contributed by atoms with Crippen LogP contribution >= 0.6 is 11.3 Å². The van der Waals surface area contributed by atoms with Crippen LogP contribution in [0.1, 0.15) is 6.42 Å². The van der Waals surface area contributed by atoms with Gasteiger partial charge in [0.15, 0.2) is 23.2 Å². The van der Waals surface area contributed by atoms with Crippen LogP contribution in [0.2, 0.25) is 0 Å². The summed E-state index contributed by atoms with van der Waals surface area (Å²) in [5.41, 5.74) is 2.20. The first-order chi connectivity index (χ1) is 19.0. The van der Waals surface area contributed by atoms with E-state index in [1.54, 1.807) is 31.5 Å². The van der Waals surface area contributed by atoms with Crippen molar-refractivity contribution >= 4 is 27.4 Å². The zero-order chi connectivity index (χ0) is 27.1. The van der Waals surface area contributed by atoms with E-state index in [0.717, 1.165) is 57.3 Å². The van der Waals surface area contributed by atoms with Crippen molar-refractivity contribution in [2.24, 2.45) is 13.0 Å². The van der Waals surface area contributed by atoms with E-state index in [1.165, 1.54) is 18.4 Å². The number of anilines is 1. The van der Waals surface area contributed by atoms with Gasteiger partial charge in [0.05, 0.1) is 19.6 Å². The number of halogens is 1. The van der Waals surface area contributed by atoms with E-state index in [-0.39, 0.29) is 12.4 Å². The number of hydrogen-bond acceptors (Lipinski definition) is 8. The lowest BCUT2D eigenvalue weighted by Crippen LogP contribution is -2.47. The van der Waals surface area contributed by atoms with E-state index in [9.17, 15) is 5.11 Å². The fraction of sp³-hybridized carbons (Fsp3) is 0.276. The number of aryl methyl sites for hydroxylation is 1. The van der Waals surface area contributed by atoms with E-state index < -0.39 is 5.82 Å². The summed E-state index contributed by atoms with van der Waals surface area (Å²) in [6.45, 7) is 1.70. The van der Waals surface area contributed by atoms with Gasteiger partial charge in [0.1, 0.15) is 16.4 Å². The van der Waals surface area contributed by atoms with Crippen molar-refractivity contribution in [2.45, 2.75) is 6.42 Å². The van der Waals surface area contributed by atoms with Gasteiger partial charge in [0, 0.05) is 55.1 Å². The molecule has 1 N–H and O–H groups in total. The van der Waals surface area contributed by atoms with Crippen molar-refractivity contribution in [1.82, 2.24) is 19.5 Å². The zero-order valence-corrected chi connectivity index (χ0v) is 22.7. The number of imidazole rings is 1. The molecule has 0 unspecified atom stereocenters. The summed E-state index contributed by atoms with van der Waals surface area (Å²) >= 11 is 1.43. The molecule has 0 saturated carbocycles. The zero-order valence-electron chi connectivity index (χ0n) is 21.9. The fourth-order valence-corrected chi connectivity index (χ4v) is 6.28. The summed E-state index contributed by atoms with van der Waals surface area (Å²) in [4.78, 5) is 18.2. The first kappa shape index (κ1) is 25.3. The van der Waals surface area contributed by atoms with Crippen molar-refractivity contribution in [3.8, 4) is 44.7 Å². The molecule has 6 rings (SSSR count). The monoisotopic (exact) mass is 545 g/mol. The van der Waals surface area contributed by atoms with Crippen LogP contribution in [0.4, 0.5) is 10.2 Å². The normalized spacial score (nSPS) is 13.6. The molecule has 39 heavy (non-hydrogen) atoms. The van der Waals surface area contributed by atoms with Crippen LogP contribution in [-0.4, -0.2) is 58.5 Å². The summed E-state index contributed by atoms with van der Waals surface area (Å²) in [5, 5.41) is 10.3. The molecular formula is C29H28FN5O3S. The maximum atomic E-state index is 15.7. The molecule has 10 heteroatoms. The maximum absolute atomic E-state index is 15.7. The number of aliphatic hydroxyl groups excluding tert-OH is 1. The molecule has 0 bridgehead atoms. The van der Waals surface area contributed by atoms with Crippen molar-refractivity contribution in [1.29, 1.82) is 0 Å². The Morgan fingerprint density at radius 1 is 1.08 bits per heavy atom. The Hall–Kier alpha value is -4.02. The Morgan fingerprint density at radius 2 is 1.87 bits per heavy atom. The highest BCUT2D eigenvalue weighted by atomic mass is 32.1. The van der Waals surface area contributed by atoms with Crippen LogP contribution in [0.3, 0.4) is 0 Å². The molecule has 1 saturated heterocycles. The largest absolute Gasteiger partial charge is 0.497 e. The quantitative estimate of drug-likeness (QED) is 0.279. The third-order valence-corrected chi connectivity index (χ3v) is 8.27. The summed E-state index contributed by atoms with van der Waals surface area (Å²) < 4.78 is 28.3. The van der Waals surface area contributed by atoms with Gasteiger partial charge in [-0.1, -0.05) is 24.3 Å². The lowest BCUT2D eigenvalue weighted by molar-refractivity contribution is 0.239. The second-order valence-corrected chi connectivity index (χ2v) is 10.6. The van der Waals surface area contributed by atoms with Crippen molar-refractivity contribution in [3.63, 3.8) is 0 Å². The predicted octanol–water partition coefficient (Wildman–Crippen LogP) is 5.40. The average Bonchev–Trinajstić information content (AvgIpc) is 3.53. The first-order valence-electron chi connectivity index (χ1n) is 12.7. The number of aromatic nitrogens is 4. The van der Waals surface area contributed by atoms with Crippen LogP contribution in [0.25, 0.3) is 43.4 Å². The molecule has 1 aliphatic rings. The van der Waals surface area contributed by atoms with Gasteiger partial charge < -0.3 is 24.0 Å². The minimum absolute atomic E-state index is 0.158. The number of methoxy groups -OCH3 is 2. The highest BCUT2D eigenvalue weighted by Crippen LogP contribution is 2.49. The summed E-state index contributed by atoms with van der Waals surface area (Å²) in [5.74, 6) is 2.82. The van der Waals surface area contributed by atoms with Gasteiger partial charge >= 0.3 is 0 Å². The number of aliphatic hydroxyl groups is 1. The minimum Gasteiger partial charge on any atom is -0.497 e. The highest BCUT2D eigenvalue weighted by Gasteiger charge is 2.32. The van der Waals surface area contributed by atoms with Gasteiger partial charge in [-0.3, -0.25) is 0 Å². The third kappa shape index (κ3) is 4.39. The molecular weight excluding hydrogens is 517 g/mol. The number of ether oxygens (including phenoxy) is 2. The SMILES string of the molecule is COc1ccc(-c2c(-c3cccc(OC)c3F)sc3nc(-c4nccn4C)nc(N4CC(CCO)C4)c23)cc1. The number of rotatable bonds is 8. The standard InChI is InChI=1S/C29H28FN5O3S/c1-34-13-12-31-28(34)26-32-27(35-15-17(16-35)11-14-36)23-22(18-7-9-19(37-2)10-8-18)25(39-29(23)33-26)20-5-4-6-21(38-3)24(20)30/h4-10,12-13,17,36H,11,14-16H2,1-3H3. The Balaban J connectivity index is 1.64. The summed E-state index contributed by atoms with van der Waals surface area (Å²) in [6.07, 6.45) is 4.32. The molecule has 8 nitrogen and oxygen atoms in total. The topological polar surface area (TPSA) is 85.5 Å². The third-order valence-electron chi connectivity index (χ3n) is 7.15. The smallest absolute Gasteiger partial charge is 0.199 e. The predicted molar refractivity (Wildman–Crippen MR) is 151 cm³/mol. The summed E-state index contributed by atoms with van der Waals surface area (Å²) in [6, 6.07) is 12.9. The van der Waals surface area contributed by atoms with E-state index in [1.807, 2.05) is 42.1 Å². The Kier molecular flexibility index (Phi) is 6.66. The molecule has 2 aromatic carbocycles. The van der Waals surface area contributed by atoms with E-state index in [2.05, 4.69) is 9.88 Å². The fourth-order valence-electron chi connectivity index (χ4n) is 5.07. The van der Waals surface area contributed by atoms with Gasteiger partial charge in [-0.25, -0.2) is 19.3 Å². The highest BCUT2D eigenvalue weighted by molar-refractivity contribution is 7.22. The number of fused-ring (bicyclic) bond motifs is 1. The molecule has 0 aliphatic carbocycles. The van der Waals surface area contributed by atoms with Gasteiger partial charge in [0.25, 0.3) is 0 Å². The second-order valence-electron chi connectivity index (χ2n) is 9.55. The van der Waals surface area contributed by atoms with Gasteiger partial charge in [-0.05, 0) is 36.1 Å². The average molecular weight is 546 g/mol. The van der Waals surface area contributed by atoms with Crippen LogP contribution in [-0.2, 0) is 7.05 Å². The van der Waals surface area contributed by atoms with Crippen LogP contribution in [0.15, 0.2) is 54.9 Å². The number of nitrogens with zero attached hydrogens (tertiary/aromatic N) is 5. The summed E-state index contributed by atoms with van der Waals surface area (Å²) in [7, 11) is 5.00. The Labute approximate surface area is 229 Å². The number of hydrogen-bond donors (Lipinski definition) is 1. The van der Waals surface area contributed by atoms with Crippen LogP contribution < -0.4 is 14.4 Å². The maximum Gasteiger partial charge on any atom is 0.199 e. The van der Waals surface area contributed by atoms with Crippen molar-refractivity contribution in [3.05, 3.63) is 60.7 Å². The second kappa shape index (κ2) is 10.3. The molecule has 0 spiro atoms. The lowest BCUT2D eigenvalue weighted by Gasteiger charge is -2.40. The molecule has 1 aliphatic heterocycles. The Morgan fingerprint density at radius 3 is 2.54 bits per heavy atom. The molecule has 200 valence electrons. The Bertz CT molecular complexity index is 1640. The molecule has 4 heterocycles. The van der Waals surface area contributed by atoms with Crippen molar-refractivity contribution in [2.75, 3.05) is 38.8 Å². The molecule has 0 amide bonds. The van der Waals surface area contributed by atoms with Crippen LogP contribution in [0.5, 0.6) is 11.5 Å². The lowest BCUT2D eigenvalue weighted by atomic mass is 9.95. The number of thiophene rings is 1. The van der Waals surface area contributed by atoms with E-state index >= 15 is 4.39 Å². The minimum atomic E-state index is -0.424. The molecule has 0 atom stereocenters. The van der Waals surface area contributed by atoms with Gasteiger partial charge in [-0.2, -0.15) is 0 Å². The molecule has 3 aromatic heterocycles. The van der Waals surface area contributed by atoms with Crippen LogP contribution in [0, 0.1) is 11.7 Å². The number of benzene rings is 2.